The molecule has 2 rings (SSSR count). The Morgan fingerprint density at radius 1 is 1.52 bits per heavy atom. The van der Waals surface area contributed by atoms with Crippen LogP contribution in [0.4, 0.5) is 4.39 Å². The standard InChI is InChI=1S/C14H19ClFN3O.HI/c15-11-5-4-10(6-12(11)16)13(20)8-19-14(17)18-7-9-2-1-3-9;/h4-6,9,13,20H,1-3,7-8H2,(H3,17,18,19);1H. The van der Waals surface area contributed by atoms with E-state index < -0.39 is 11.9 Å². The average molecular weight is 428 g/mol. The topological polar surface area (TPSA) is 70.6 Å². The Labute approximate surface area is 146 Å². The van der Waals surface area contributed by atoms with E-state index in [-0.39, 0.29) is 35.5 Å². The number of halogens is 3. The average Bonchev–Trinajstić information content (AvgIpc) is 2.37. The maximum atomic E-state index is 13.3. The van der Waals surface area contributed by atoms with Crippen LogP contribution < -0.4 is 11.1 Å². The molecule has 1 aromatic rings. The van der Waals surface area contributed by atoms with Crippen LogP contribution in [0.3, 0.4) is 0 Å². The number of nitrogens with one attached hydrogen (secondary N) is 1. The van der Waals surface area contributed by atoms with Gasteiger partial charge in [-0.25, -0.2) is 4.39 Å². The van der Waals surface area contributed by atoms with Gasteiger partial charge in [0.05, 0.1) is 17.7 Å². The van der Waals surface area contributed by atoms with E-state index in [1.807, 2.05) is 0 Å². The van der Waals surface area contributed by atoms with Gasteiger partial charge in [0.15, 0.2) is 5.96 Å². The van der Waals surface area contributed by atoms with E-state index in [0.717, 1.165) is 6.54 Å². The minimum atomic E-state index is -0.897. The highest BCUT2D eigenvalue weighted by molar-refractivity contribution is 14.0. The van der Waals surface area contributed by atoms with Gasteiger partial charge in [0.1, 0.15) is 5.82 Å². The molecule has 21 heavy (non-hydrogen) atoms. The first-order chi connectivity index (χ1) is 9.56. The van der Waals surface area contributed by atoms with Crippen LogP contribution >= 0.6 is 35.6 Å². The molecule has 0 amide bonds. The summed E-state index contributed by atoms with van der Waals surface area (Å²) < 4.78 is 13.3. The zero-order chi connectivity index (χ0) is 14.5. The van der Waals surface area contributed by atoms with Crippen LogP contribution in [-0.2, 0) is 0 Å². The van der Waals surface area contributed by atoms with Crippen LogP contribution in [0.25, 0.3) is 0 Å². The minimum Gasteiger partial charge on any atom is -0.386 e. The number of hydrogen-bond acceptors (Lipinski definition) is 2. The number of nitrogens with zero attached hydrogens (tertiary/aromatic N) is 1. The summed E-state index contributed by atoms with van der Waals surface area (Å²) in [6.07, 6.45) is 2.84. The minimum absolute atomic E-state index is 0. The van der Waals surface area contributed by atoms with E-state index >= 15 is 0 Å². The van der Waals surface area contributed by atoms with Crippen LogP contribution in [0.2, 0.25) is 5.02 Å². The van der Waals surface area contributed by atoms with E-state index in [9.17, 15) is 9.50 Å². The predicted octanol–water partition coefficient (Wildman–Crippen LogP) is 2.83. The summed E-state index contributed by atoms with van der Waals surface area (Å²) in [6, 6.07) is 4.20. The molecule has 0 radical (unpaired) electrons. The van der Waals surface area contributed by atoms with Crippen LogP contribution in [0.1, 0.15) is 30.9 Å². The van der Waals surface area contributed by atoms with Crippen LogP contribution in [0.15, 0.2) is 23.2 Å². The predicted molar refractivity (Wildman–Crippen MR) is 93.6 cm³/mol. The molecule has 0 heterocycles. The van der Waals surface area contributed by atoms with Crippen molar-refractivity contribution >= 4 is 41.5 Å². The number of rotatable bonds is 5. The number of benzene rings is 1. The number of guanidine groups is 1. The lowest BCUT2D eigenvalue weighted by atomic mass is 9.85. The molecule has 0 spiro atoms. The first kappa shape index (κ1) is 18.4. The second-order valence-electron chi connectivity index (χ2n) is 5.09. The number of aliphatic imine (C=N–C) groups is 1. The fourth-order valence-corrected chi connectivity index (χ4v) is 2.13. The van der Waals surface area contributed by atoms with E-state index in [2.05, 4.69) is 10.3 Å². The van der Waals surface area contributed by atoms with Gasteiger partial charge in [-0.05, 0) is 36.5 Å². The Morgan fingerprint density at radius 3 is 2.81 bits per heavy atom. The third-order valence-corrected chi connectivity index (χ3v) is 3.87. The molecule has 0 aromatic heterocycles. The van der Waals surface area contributed by atoms with Gasteiger partial charge >= 0.3 is 0 Å². The fraction of sp³-hybridized carbons (Fsp3) is 0.500. The van der Waals surface area contributed by atoms with E-state index in [1.54, 1.807) is 6.07 Å². The largest absolute Gasteiger partial charge is 0.386 e. The second-order valence-corrected chi connectivity index (χ2v) is 5.50. The van der Waals surface area contributed by atoms with Gasteiger partial charge in [-0.3, -0.25) is 4.99 Å². The zero-order valence-electron chi connectivity index (χ0n) is 11.6. The SMILES string of the molecule is I.NC(=NCC(O)c1ccc(Cl)c(F)c1)NCC1CCC1. The lowest BCUT2D eigenvalue weighted by Gasteiger charge is -2.25. The summed E-state index contributed by atoms with van der Waals surface area (Å²) in [5.41, 5.74) is 6.15. The number of hydrogen-bond donors (Lipinski definition) is 3. The molecule has 1 atom stereocenters. The Hall–Kier alpha value is -0.600. The summed E-state index contributed by atoms with van der Waals surface area (Å²) >= 11 is 5.59. The van der Waals surface area contributed by atoms with E-state index in [4.69, 9.17) is 17.3 Å². The highest BCUT2D eigenvalue weighted by Gasteiger charge is 2.17. The first-order valence-corrected chi connectivity index (χ1v) is 7.11. The molecule has 1 saturated carbocycles. The molecule has 0 bridgehead atoms. The molecule has 1 fully saturated rings. The highest BCUT2D eigenvalue weighted by atomic mass is 127. The van der Waals surface area contributed by atoms with Crippen molar-refractivity contribution < 1.29 is 9.50 Å². The zero-order valence-corrected chi connectivity index (χ0v) is 14.6. The smallest absolute Gasteiger partial charge is 0.188 e. The molecule has 0 aliphatic heterocycles. The lowest BCUT2D eigenvalue weighted by Crippen LogP contribution is -2.37. The molecular formula is C14H20ClFIN3O. The second kappa shape index (κ2) is 8.75. The molecular weight excluding hydrogens is 408 g/mol. The first-order valence-electron chi connectivity index (χ1n) is 6.73. The van der Waals surface area contributed by atoms with Crippen molar-refractivity contribution in [3.8, 4) is 0 Å². The number of aliphatic hydroxyl groups is 1. The van der Waals surface area contributed by atoms with Crippen molar-refractivity contribution in [2.24, 2.45) is 16.6 Å². The normalized spacial score (nSPS) is 16.8. The molecule has 1 aliphatic rings. The highest BCUT2D eigenvalue weighted by Crippen LogP contribution is 2.25. The van der Waals surface area contributed by atoms with E-state index in [0.29, 0.717) is 17.4 Å². The summed E-state index contributed by atoms with van der Waals surface area (Å²) in [5, 5.41) is 13.0. The molecule has 0 saturated heterocycles. The number of aliphatic hydroxyl groups excluding tert-OH is 1. The van der Waals surface area contributed by atoms with Gasteiger partial charge in [0.25, 0.3) is 0 Å². The Morgan fingerprint density at radius 2 is 2.24 bits per heavy atom. The van der Waals surface area contributed by atoms with Gasteiger partial charge in [-0.1, -0.05) is 24.1 Å². The molecule has 1 aliphatic carbocycles. The van der Waals surface area contributed by atoms with Crippen molar-refractivity contribution in [1.82, 2.24) is 5.32 Å². The van der Waals surface area contributed by atoms with Crippen molar-refractivity contribution in [3.63, 3.8) is 0 Å². The van der Waals surface area contributed by atoms with Crippen molar-refractivity contribution in [3.05, 3.63) is 34.6 Å². The van der Waals surface area contributed by atoms with Gasteiger partial charge in [0, 0.05) is 6.54 Å². The summed E-state index contributed by atoms with van der Waals surface area (Å²) in [4.78, 5) is 4.06. The van der Waals surface area contributed by atoms with Crippen molar-refractivity contribution in [2.45, 2.75) is 25.4 Å². The van der Waals surface area contributed by atoms with Crippen LogP contribution in [-0.4, -0.2) is 24.2 Å². The molecule has 1 unspecified atom stereocenters. The number of nitrogens with two attached hydrogens (primary N) is 1. The maximum Gasteiger partial charge on any atom is 0.188 e. The summed E-state index contributed by atoms with van der Waals surface area (Å²) in [6.45, 7) is 0.908. The third-order valence-electron chi connectivity index (χ3n) is 3.56. The summed E-state index contributed by atoms with van der Waals surface area (Å²) in [7, 11) is 0. The molecule has 4 nitrogen and oxygen atoms in total. The Bertz CT molecular complexity index is 497. The van der Waals surface area contributed by atoms with Crippen molar-refractivity contribution in [1.29, 1.82) is 0 Å². The van der Waals surface area contributed by atoms with Gasteiger partial charge in [0.2, 0.25) is 0 Å². The van der Waals surface area contributed by atoms with Gasteiger partial charge in [-0.2, -0.15) is 0 Å². The fourth-order valence-electron chi connectivity index (χ4n) is 2.01. The maximum absolute atomic E-state index is 13.3. The van der Waals surface area contributed by atoms with Crippen molar-refractivity contribution in [2.75, 3.05) is 13.1 Å². The Kier molecular flexibility index (Phi) is 7.69. The van der Waals surface area contributed by atoms with Crippen LogP contribution in [0, 0.1) is 11.7 Å². The molecule has 4 N–H and O–H groups in total. The quantitative estimate of drug-likeness (QED) is 0.384. The molecule has 7 heteroatoms. The monoisotopic (exact) mass is 427 g/mol. The lowest BCUT2D eigenvalue weighted by molar-refractivity contribution is 0.186. The van der Waals surface area contributed by atoms with Gasteiger partial charge in [-0.15, -0.1) is 24.0 Å². The van der Waals surface area contributed by atoms with Crippen LogP contribution in [0.5, 0.6) is 0 Å². The Balaban J connectivity index is 0.00000220. The molecule has 1 aromatic carbocycles. The third kappa shape index (κ3) is 5.60. The summed E-state index contributed by atoms with van der Waals surface area (Å²) in [5.74, 6) is 0.438. The van der Waals surface area contributed by atoms with Gasteiger partial charge < -0.3 is 16.2 Å². The van der Waals surface area contributed by atoms with E-state index in [1.165, 1.54) is 31.4 Å². The molecule has 118 valence electrons.